The zero-order valence-electron chi connectivity index (χ0n) is 12.1. The predicted octanol–water partition coefficient (Wildman–Crippen LogP) is 1.89. The number of rotatable bonds is 4. The van der Waals surface area contributed by atoms with Gasteiger partial charge in [0.1, 0.15) is 0 Å². The molecule has 2 N–H and O–H groups in total. The maximum absolute atomic E-state index is 12.4. The largest absolute Gasteiger partial charge is 0.385 e. The van der Waals surface area contributed by atoms with Crippen molar-refractivity contribution in [3.63, 3.8) is 0 Å². The van der Waals surface area contributed by atoms with Gasteiger partial charge in [-0.05, 0) is 49.8 Å². The minimum absolute atomic E-state index is 0.00396. The van der Waals surface area contributed by atoms with Gasteiger partial charge in [-0.1, -0.05) is 6.07 Å². The van der Waals surface area contributed by atoms with E-state index in [0.29, 0.717) is 11.4 Å². The van der Waals surface area contributed by atoms with E-state index in [1.807, 2.05) is 6.07 Å². The van der Waals surface area contributed by atoms with Gasteiger partial charge in [-0.15, -0.1) is 0 Å². The first-order valence-electron chi connectivity index (χ1n) is 7.63. The van der Waals surface area contributed by atoms with Crippen LogP contribution in [-0.4, -0.2) is 34.2 Å². The van der Waals surface area contributed by atoms with Gasteiger partial charge in [0.15, 0.2) is 0 Å². The van der Waals surface area contributed by atoms with Crippen LogP contribution in [0.5, 0.6) is 0 Å². The van der Waals surface area contributed by atoms with Gasteiger partial charge >= 0.3 is 0 Å². The van der Waals surface area contributed by atoms with E-state index in [-0.39, 0.29) is 6.10 Å². The molecule has 6 heteroatoms. The first-order valence-corrected chi connectivity index (χ1v) is 9.11. The summed E-state index contributed by atoms with van der Waals surface area (Å²) in [5, 5.41) is 3.26. The van der Waals surface area contributed by atoms with Gasteiger partial charge in [0.05, 0.1) is 11.0 Å². The quantitative estimate of drug-likeness (QED) is 0.891. The summed E-state index contributed by atoms with van der Waals surface area (Å²) in [6.45, 7) is 1.99. The summed E-state index contributed by atoms with van der Waals surface area (Å²) in [6.07, 6.45) is 5.20. The van der Waals surface area contributed by atoms with Crippen molar-refractivity contribution in [2.75, 3.05) is 25.0 Å². The highest BCUT2D eigenvalue weighted by molar-refractivity contribution is 7.89. The lowest BCUT2D eigenvalue weighted by Crippen LogP contribution is -2.35. The second kappa shape index (κ2) is 6.34. The number of hydrogen-bond donors (Lipinski definition) is 2. The van der Waals surface area contributed by atoms with Crippen molar-refractivity contribution >= 4 is 15.7 Å². The Morgan fingerprint density at radius 3 is 3.00 bits per heavy atom. The molecule has 1 aromatic carbocycles. The average molecular weight is 310 g/mol. The van der Waals surface area contributed by atoms with Crippen molar-refractivity contribution in [3.05, 3.63) is 23.8 Å². The van der Waals surface area contributed by atoms with E-state index >= 15 is 0 Å². The lowest BCUT2D eigenvalue weighted by Gasteiger charge is -2.23. The van der Waals surface area contributed by atoms with Gasteiger partial charge < -0.3 is 10.1 Å². The fourth-order valence-corrected chi connectivity index (χ4v) is 3.95. The summed E-state index contributed by atoms with van der Waals surface area (Å²) in [7, 11) is -3.46. The molecule has 2 aliphatic rings. The molecule has 21 heavy (non-hydrogen) atoms. The van der Waals surface area contributed by atoms with Crippen molar-refractivity contribution in [2.45, 2.75) is 43.1 Å². The van der Waals surface area contributed by atoms with E-state index in [4.69, 9.17) is 4.74 Å². The number of aryl methyl sites for hydroxylation is 1. The van der Waals surface area contributed by atoms with Gasteiger partial charge in [-0.25, -0.2) is 13.1 Å². The summed E-state index contributed by atoms with van der Waals surface area (Å²) in [4.78, 5) is 0.325. The van der Waals surface area contributed by atoms with Crippen LogP contribution >= 0.6 is 0 Å². The molecule has 1 atom stereocenters. The van der Waals surface area contributed by atoms with Crippen LogP contribution < -0.4 is 10.0 Å². The van der Waals surface area contributed by atoms with Crippen LogP contribution in [0, 0.1) is 0 Å². The zero-order chi connectivity index (χ0) is 14.7. The summed E-state index contributed by atoms with van der Waals surface area (Å²) in [5.41, 5.74) is 2.13. The van der Waals surface area contributed by atoms with Crippen molar-refractivity contribution in [1.82, 2.24) is 4.72 Å². The van der Waals surface area contributed by atoms with Crippen LogP contribution in [0.15, 0.2) is 23.1 Å². The summed E-state index contributed by atoms with van der Waals surface area (Å²) >= 11 is 0. The standard InChI is InChI=1S/C15H22N2O3S/c18-21(19,17-11-13-5-1-2-9-20-13)14-7-6-12-4-3-8-16-15(12)10-14/h6-7,10,13,16-17H,1-5,8-9,11H2. The van der Waals surface area contributed by atoms with E-state index in [0.717, 1.165) is 50.9 Å². The highest BCUT2D eigenvalue weighted by Gasteiger charge is 2.20. The molecule has 0 aromatic heterocycles. The number of ether oxygens (including phenoxy) is 1. The lowest BCUT2D eigenvalue weighted by molar-refractivity contribution is 0.0200. The molecular weight excluding hydrogens is 288 g/mol. The molecule has 2 heterocycles. The Hall–Kier alpha value is -1.11. The molecule has 0 amide bonds. The molecule has 3 rings (SSSR count). The summed E-state index contributed by atoms with van der Waals surface area (Å²) in [6, 6.07) is 5.33. The Balaban J connectivity index is 1.69. The summed E-state index contributed by atoms with van der Waals surface area (Å²) < 4.78 is 33.0. The first kappa shape index (κ1) is 14.8. The molecule has 0 spiro atoms. The molecule has 1 saturated heterocycles. The molecule has 2 aliphatic heterocycles. The predicted molar refractivity (Wildman–Crippen MR) is 82.0 cm³/mol. The summed E-state index contributed by atoms with van der Waals surface area (Å²) in [5.74, 6) is 0. The van der Waals surface area contributed by atoms with Crippen molar-refractivity contribution in [2.24, 2.45) is 0 Å². The minimum Gasteiger partial charge on any atom is -0.385 e. The van der Waals surface area contributed by atoms with Crippen LogP contribution in [0.3, 0.4) is 0 Å². The van der Waals surface area contributed by atoms with Crippen molar-refractivity contribution < 1.29 is 13.2 Å². The van der Waals surface area contributed by atoms with Gasteiger partial charge in [-0.3, -0.25) is 0 Å². The fourth-order valence-electron chi connectivity index (χ4n) is 2.86. The molecule has 1 unspecified atom stereocenters. The maximum atomic E-state index is 12.4. The first-order chi connectivity index (χ1) is 10.1. The smallest absolute Gasteiger partial charge is 0.240 e. The Bertz CT molecular complexity index is 595. The maximum Gasteiger partial charge on any atom is 0.240 e. The SMILES string of the molecule is O=S(=O)(NCC1CCCCO1)c1ccc2c(c1)NCCC2. The van der Waals surface area contributed by atoms with Crippen LogP contribution in [-0.2, 0) is 21.2 Å². The van der Waals surface area contributed by atoms with Crippen molar-refractivity contribution in [3.8, 4) is 0 Å². The number of sulfonamides is 1. The molecule has 0 aliphatic carbocycles. The number of hydrogen-bond acceptors (Lipinski definition) is 4. The average Bonchev–Trinajstić information content (AvgIpc) is 2.53. The molecule has 116 valence electrons. The second-order valence-corrected chi connectivity index (χ2v) is 7.46. The minimum atomic E-state index is -3.46. The molecule has 5 nitrogen and oxygen atoms in total. The zero-order valence-corrected chi connectivity index (χ0v) is 12.9. The topological polar surface area (TPSA) is 67.4 Å². The highest BCUT2D eigenvalue weighted by Crippen LogP contribution is 2.25. The number of anilines is 1. The van der Waals surface area contributed by atoms with E-state index in [2.05, 4.69) is 10.0 Å². The van der Waals surface area contributed by atoms with Crippen LogP contribution in [0.25, 0.3) is 0 Å². The Morgan fingerprint density at radius 2 is 2.19 bits per heavy atom. The van der Waals surface area contributed by atoms with E-state index in [1.54, 1.807) is 12.1 Å². The van der Waals surface area contributed by atoms with Crippen LogP contribution in [0.1, 0.15) is 31.2 Å². The highest BCUT2D eigenvalue weighted by atomic mass is 32.2. The third-order valence-electron chi connectivity index (χ3n) is 4.10. The molecule has 0 bridgehead atoms. The lowest BCUT2D eigenvalue weighted by atomic mass is 10.0. The van der Waals surface area contributed by atoms with E-state index in [9.17, 15) is 8.42 Å². The van der Waals surface area contributed by atoms with Gasteiger partial charge in [0.25, 0.3) is 0 Å². The Labute approximate surface area is 126 Å². The monoisotopic (exact) mass is 310 g/mol. The molecule has 0 saturated carbocycles. The fraction of sp³-hybridized carbons (Fsp3) is 0.600. The van der Waals surface area contributed by atoms with Crippen LogP contribution in [0.2, 0.25) is 0 Å². The molecular formula is C15H22N2O3S. The third kappa shape index (κ3) is 3.56. The van der Waals surface area contributed by atoms with E-state index < -0.39 is 10.0 Å². The number of benzene rings is 1. The Morgan fingerprint density at radius 1 is 1.29 bits per heavy atom. The molecule has 1 aromatic rings. The Kier molecular flexibility index (Phi) is 4.47. The second-order valence-electron chi connectivity index (χ2n) is 5.69. The van der Waals surface area contributed by atoms with Gasteiger partial charge in [0.2, 0.25) is 10.0 Å². The molecule has 0 radical (unpaired) electrons. The normalized spacial score (nSPS) is 22.4. The van der Waals surface area contributed by atoms with Crippen LogP contribution in [0.4, 0.5) is 5.69 Å². The van der Waals surface area contributed by atoms with Gasteiger partial charge in [0, 0.05) is 25.4 Å². The molecule has 1 fully saturated rings. The van der Waals surface area contributed by atoms with Gasteiger partial charge in [-0.2, -0.15) is 0 Å². The van der Waals surface area contributed by atoms with Crippen molar-refractivity contribution in [1.29, 1.82) is 0 Å². The number of fused-ring (bicyclic) bond motifs is 1. The van der Waals surface area contributed by atoms with E-state index in [1.165, 1.54) is 5.56 Å². The third-order valence-corrected chi connectivity index (χ3v) is 5.53. The number of nitrogens with one attached hydrogen (secondary N) is 2.